The highest BCUT2D eigenvalue weighted by Gasteiger charge is 2.19. The van der Waals surface area contributed by atoms with E-state index in [0.717, 1.165) is 25.1 Å². The first-order valence-corrected chi connectivity index (χ1v) is 7.14. The summed E-state index contributed by atoms with van der Waals surface area (Å²) in [6.45, 7) is 1.46. The molecule has 2 aromatic rings. The number of carbonyl (C=O) groups excluding carboxylic acids is 1. The Bertz CT molecular complexity index is 615. The lowest BCUT2D eigenvalue weighted by Gasteiger charge is -2.20. The Morgan fingerprint density at radius 3 is 2.90 bits per heavy atom. The summed E-state index contributed by atoms with van der Waals surface area (Å²) in [5, 5.41) is 4.17. The third kappa shape index (κ3) is 3.36. The highest BCUT2D eigenvalue weighted by molar-refractivity contribution is 5.95. The molecule has 1 fully saturated rings. The SMILES string of the molecule is O=C(CC1CCCOC1)c1cnn(-c2ccc(F)cc2)c1. The molecule has 1 atom stereocenters. The van der Waals surface area contributed by atoms with Gasteiger partial charge in [-0.15, -0.1) is 0 Å². The number of benzene rings is 1. The molecule has 0 bridgehead atoms. The van der Waals surface area contributed by atoms with Gasteiger partial charge in [-0.05, 0) is 43.0 Å². The molecule has 0 spiro atoms. The molecule has 3 rings (SSSR count). The largest absolute Gasteiger partial charge is 0.381 e. The van der Waals surface area contributed by atoms with Gasteiger partial charge in [0.05, 0.1) is 17.4 Å². The zero-order valence-corrected chi connectivity index (χ0v) is 11.7. The van der Waals surface area contributed by atoms with E-state index >= 15 is 0 Å². The summed E-state index contributed by atoms with van der Waals surface area (Å²) in [6, 6.07) is 6.01. The maximum atomic E-state index is 12.9. The molecule has 1 saturated heterocycles. The van der Waals surface area contributed by atoms with Crippen molar-refractivity contribution in [3.8, 4) is 5.69 Å². The highest BCUT2D eigenvalue weighted by atomic mass is 19.1. The van der Waals surface area contributed by atoms with Crippen LogP contribution >= 0.6 is 0 Å². The predicted octanol–water partition coefficient (Wildman–Crippen LogP) is 3.01. The van der Waals surface area contributed by atoms with E-state index in [-0.39, 0.29) is 11.6 Å². The number of carbonyl (C=O) groups is 1. The van der Waals surface area contributed by atoms with Gasteiger partial charge in [0, 0.05) is 25.8 Å². The summed E-state index contributed by atoms with van der Waals surface area (Å²) in [5.74, 6) is 0.0961. The average molecular weight is 288 g/mol. The summed E-state index contributed by atoms with van der Waals surface area (Å²) in [5.41, 5.74) is 1.32. The quantitative estimate of drug-likeness (QED) is 0.812. The molecule has 1 aliphatic rings. The predicted molar refractivity (Wildman–Crippen MR) is 76.0 cm³/mol. The maximum absolute atomic E-state index is 12.9. The Labute approximate surface area is 122 Å². The van der Waals surface area contributed by atoms with Crippen LogP contribution in [0, 0.1) is 11.7 Å². The van der Waals surface area contributed by atoms with E-state index in [4.69, 9.17) is 4.74 Å². The van der Waals surface area contributed by atoms with Gasteiger partial charge in [-0.3, -0.25) is 4.79 Å². The molecule has 5 heteroatoms. The monoisotopic (exact) mass is 288 g/mol. The molecule has 2 heterocycles. The summed E-state index contributed by atoms with van der Waals surface area (Å²) in [6.07, 6.45) is 5.81. The molecule has 1 unspecified atom stereocenters. The standard InChI is InChI=1S/C16H17FN2O2/c17-14-3-5-15(6-4-14)19-10-13(9-18-19)16(20)8-12-2-1-7-21-11-12/h3-6,9-10,12H,1-2,7-8,11H2. The number of halogens is 1. The Kier molecular flexibility index (Phi) is 4.10. The number of rotatable bonds is 4. The number of hydrogen-bond donors (Lipinski definition) is 0. The van der Waals surface area contributed by atoms with Crippen molar-refractivity contribution in [1.29, 1.82) is 0 Å². The second kappa shape index (κ2) is 6.18. The number of ether oxygens (including phenoxy) is 1. The molecule has 21 heavy (non-hydrogen) atoms. The molecule has 4 nitrogen and oxygen atoms in total. The van der Waals surface area contributed by atoms with Crippen molar-refractivity contribution in [3.05, 3.63) is 48.0 Å². The summed E-state index contributed by atoms with van der Waals surface area (Å²) in [7, 11) is 0. The van der Waals surface area contributed by atoms with Gasteiger partial charge >= 0.3 is 0 Å². The number of ketones is 1. The van der Waals surface area contributed by atoms with Gasteiger partial charge in [-0.1, -0.05) is 0 Å². The number of Topliss-reactive ketones (excluding diaryl/α,β-unsaturated/α-hetero) is 1. The maximum Gasteiger partial charge on any atom is 0.166 e. The molecule has 0 N–H and O–H groups in total. The second-order valence-corrected chi connectivity index (χ2v) is 5.36. The van der Waals surface area contributed by atoms with Crippen LogP contribution in [0.1, 0.15) is 29.6 Å². The van der Waals surface area contributed by atoms with Crippen LogP contribution in [0.4, 0.5) is 4.39 Å². The molecule has 1 aromatic carbocycles. The van der Waals surface area contributed by atoms with Gasteiger partial charge in [0.25, 0.3) is 0 Å². The first-order valence-electron chi connectivity index (χ1n) is 7.14. The van der Waals surface area contributed by atoms with Gasteiger partial charge in [0.1, 0.15) is 5.82 Å². The van der Waals surface area contributed by atoms with E-state index in [2.05, 4.69) is 5.10 Å². The minimum Gasteiger partial charge on any atom is -0.381 e. The molecule has 0 saturated carbocycles. The molecule has 0 amide bonds. The molecular formula is C16H17FN2O2. The fourth-order valence-electron chi connectivity index (χ4n) is 2.55. The lowest BCUT2D eigenvalue weighted by molar-refractivity contribution is 0.0488. The lowest BCUT2D eigenvalue weighted by atomic mass is 9.95. The van der Waals surface area contributed by atoms with Crippen LogP contribution < -0.4 is 0 Å². The van der Waals surface area contributed by atoms with E-state index in [1.807, 2.05) is 0 Å². The zero-order chi connectivity index (χ0) is 14.7. The van der Waals surface area contributed by atoms with Gasteiger partial charge in [0.15, 0.2) is 5.78 Å². The minimum absolute atomic E-state index is 0.0823. The van der Waals surface area contributed by atoms with E-state index in [1.54, 1.807) is 29.2 Å². The van der Waals surface area contributed by atoms with Gasteiger partial charge in [-0.25, -0.2) is 9.07 Å². The van der Waals surface area contributed by atoms with E-state index < -0.39 is 0 Å². The van der Waals surface area contributed by atoms with Crippen molar-refractivity contribution in [2.75, 3.05) is 13.2 Å². The lowest BCUT2D eigenvalue weighted by Crippen LogP contribution is -2.20. The Morgan fingerprint density at radius 2 is 2.19 bits per heavy atom. The normalized spacial score (nSPS) is 18.6. The molecular weight excluding hydrogens is 271 g/mol. The molecule has 1 aliphatic heterocycles. The first-order chi connectivity index (χ1) is 10.2. The van der Waals surface area contributed by atoms with Crippen LogP contribution in [0.3, 0.4) is 0 Å². The van der Waals surface area contributed by atoms with Crippen molar-refractivity contribution in [3.63, 3.8) is 0 Å². The summed E-state index contributed by atoms with van der Waals surface area (Å²) >= 11 is 0. The van der Waals surface area contributed by atoms with E-state index in [1.165, 1.54) is 12.1 Å². The molecule has 0 aliphatic carbocycles. The third-order valence-electron chi connectivity index (χ3n) is 3.72. The number of aromatic nitrogens is 2. The number of nitrogens with zero attached hydrogens (tertiary/aromatic N) is 2. The zero-order valence-electron chi connectivity index (χ0n) is 11.7. The summed E-state index contributed by atoms with van der Waals surface area (Å²) in [4.78, 5) is 12.2. The average Bonchev–Trinajstić information content (AvgIpc) is 2.99. The number of hydrogen-bond acceptors (Lipinski definition) is 3. The molecule has 110 valence electrons. The summed E-state index contributed by atoms with van der Waals surface area (Å²) < 4.78 is 19.9. The Hall–Kier alpha value is -2.01. The van der Waals surface area contributed by atoms with Crippen molar-refractivity contribution in [2.45, 2.75) is 19.3 Å². The Balaban J connectivity index is 1.69. The second-order valence-electron chi connectivity index (χ2n) is 5.36. The Morgan fingerprint density at radius 1 is 1.38 bits per heavy atom. The molecule has 0 radical (unpaired) electrons. The van der Waals surface area contributed by atoms with Crippen LogP contribution in [0.5, 0.6) is 0 Å². The van der Waals surface area contributed by atoms with E-state index in [9.17, 15) is 9.18 Å². The highest BCUT2D eigenvalue weighted by Crippen LogP contribution is 2.20. The molecule has 1 aromatic heterocycles. The minimum atomic E-state index is -0.292. The van der Waals surface area contributed by atoms with Crippen molar-refractivity contribution >= 4 is 5.78 Å². The van der Waals surface area contributed by atoms with Crippen LogP contribution in [0.25, 0.3) is 5.69 Å². The van der Waals surface area contributed by atoms with Gasteiger partial charge in [0.2, 0.25) is 0 Å². The fraction of sp³-hybridized carbons (Fsp3) is 0.375. The van der Waals surface area contributed by atoms with Crippen molar-refractivity contribution < 1.29 is 13.9 Å². The van der Waals surface area contributed by atoms with Crippen LogP contribution in [0.2, 0.25) is 0 Å². The smallest absolute Gasteiger partial charge is 0.166 e. The third-order valence-corrected chi connectivity index (χ3v) is 3.72. The van der Waals surface area contributed by atoms with Gasteiger partial charge < -0.3 is 4.74 Å². The van der Waals surface area contributed by atoms with Crippen molar-refractivity contribution in [2.24, 2.45) is 5.92 Å². The fourth-order valence-corrected chi connectivity index (χ4v) is 2.55. The van der Waals surface area contributed by atoms with Crippen molar-refractivity contribution in [1.82, 2.24) is 9.78 Å². The van der Waals surface area contributed by atoms with Crippen LogP contribution in [-0.4, -0.2) is 28.8 Å². The van der Waals surface area contributed by atoms with Crippen LogP contribution in [0.15, 0.2) is 36.7 Å². The van der Waals surface area contributed by atoms with Crippen LogP contribution in [-0.2, 0) is 4.74 Å². The van der Waals surface area contributed by atoms with Gasteiger partial charge in [-0.2, -0.15) is 5.10 Å². The topological polar surface area (TPSA) is 44.1 Å². The first kappa shape index (κ1) is 13.9. The van der Waals surface area contributed by atoms with E-state index in [0.29, 0.717) is 24.5 Å².